The highest BCUT2D eigenvalue weighted by Gasteiger charge is 2.06. The largest absolute Gasteiger partial charge is 0.316 e. The average Bonchev–Trinajstić information content (AvgIpc) is 2.84. The van der Waals surface area contributed by atoms with Crippen LogP contribution in [0.3, 0.4) is 0 Å². The molecular weight excluding hydrogens is 204 g/mol. The molecule has 0 aliphatic carbocycles. The summed E-state index contributed by atoms with van der Waals surface area (Å²) in [6, 6.07) is 8.72. The topological polar surface area (TPSA) is 24.9 Å². The van der Waals surface area contributed by atoms with E-state index in [1.807, 2.05) is 6.92 Å². The Bertz CT molecular complexity index is 403. The Morgan fingerprint density at radius 1 is 1.60 bits per heavy atom. The average molecular weight is 219 g/mol. The predicted molar refractivity (Wildman–Crippen MR) is 64.1 cm³/mol. The van der Waals surface area contributed by atoms with Crippen molar-refractivity contribution in [3.63, 3.8) is 0 Å². The van der Waals surface area contributed by atoms with Crippen LogP contribution in [-0.4, -0.2) is 4.98 Å². The van der Waals surface area contributed by atoms with Crippen molar-refractivity contribution in [2.24, 2.45) is 0 Å². The number of aryl methyl sites for hydroxylation is 1. The molecule has 0 amide bonds. The second-order valence-corrected chi connectivity index (χ2v) is 4.61. The quantitative estimate of drug-likeness (QED) is 0.800. The van der Waals surface area contributed by atoms with Crippen LogP contribution in [0, 0.1) is 6.92 Å². The summed E-state index contributed by atoms with van der Waals surface area (Å²) in [6.45, 7) is 5.10. The van der Waals surface area contributed by atoms with Crippen molar-refractivity contribution < 1.29 is 0 Å². The summed E-state index contributed by atoms with van der Waals surface area (Å²) in [4.78, 5) is 4.47. The lowest BCUT2D eigenvalue weighted by Gasteiger charge is -2.12. The summed E-state index contributed by atoms with van der Waals surface area (Å²) < 4.78 is 0. The first kappa shape index (κ1) is 10.5. The van der Waals surface area contributed by atoms with Crippen molar-refractivity contribution in [3.05, 3.63) is 45.9 Å². The summed E-state index contributed by atoms with van der Waals surface area (Å²) in [5, 5.41) is 6.72. The molecule has 1 atom stereocenters. The molecule has 3 heteroatoms. The van der Waals surface area contributed by atoms with E-state index in [1.54, 1.807) is 11.3 Å². The summed E-state index contributed by atoms with van der Waals surface area (Å²) in [5.41, 5.74) is 2.44. The van der Waals surface area contributed by atoms with Crippen molar-refractivity contribution in [2.45, 2.75) is 26.4 Å². The molecule has 0 fully saturated rings. The van der Waals surface area contributed by atoms with E-state index in [2.05, 4.69) is 46.9 Å². The highest BCUT2D eigenvalue weighted by atomic mass is 32.1. The van der Waals surface area contributed by atoms with Gasteiger partial charge in [0.15, 0.2) is 0 Å². The zero-order valence-corrected chi connectivity index (χ0v) is 9.84. The molecule has 1 N–H and O–H groups in total. The van der Waals surface area contributed by atoms with Gasteiger partial charge >= 0.3 is 0 Å². The molecule has 0 saturated heterocycles. The van der Waals surface area contributed by atoms with Crippen LogP contribution < -0.4 is 5.32 Å². The minimum absolute atomic E-state index is 0.332. The van der Waals surface area contributed by atoms with E-state index >= 15 is 0 Å². The zero-order valence-electron chi connectivity index (χ0n) is 9.03. The van der Waals surface area contributed by atoms with Gasteiger partial charge in [-0.05, 0) is 20.4 Å². The molecule has 1 heterocycles. The minimum Gasteiger partial charge on any atom is -0.316 e. The highest BCUT2D eigenvalue weighted by Crippen LogP contribution is 2.17. The highest BCUT2D eigenvalue weighted by molar-refractivity contribution is 7.09. The molecule has 1 aromatic heterocycles. The molecule has 2 nitrogen and oxygen atoms in total. The lowest BCUT2D eigenvalue weighted by molar-refractivity contribution is 0.571. The zero-order chi connectivity index (χ0) is 10.7. The number of thiazole rings is 1. The van der Waals surface area contributed by atoms with Crippen LogP contribution in [0.2, 0.25) is 0 Å². The third kappa shape index (κ3) is 2.70. The molecule has 0 bridgehead atoms. The molecule has 15 heavy (non-hydrogen) atoms. The first-order chi connectivity index (χ1) is 7.25. The molecular formula is C12H15N2S-. The second-order valence-electron chi connectivity index (χ2n) is 3.72. The monoisotopic (exact) mass is 219 g/mol. The van der Waals surface area contributed by atoms with Gasteiger partial charge in [0.2, 0.25) is 0 Å². The van der Waals surface area contributed by atoms with Gasteiger partial charge in [0, 0.05) is 11.1 Å². The van der Waals surface area contributed by atoms with Crippen LogP contribution in [0.1, 0.15) is 29.2 Å². The number of nitrogens with zero attached hydrogens (tertiary/aromatic N) is 1. The fraction of sp³-hybridized carbons (Fsp3) is 0.333. The number of hydrogen-bond acceptors (Lipinski definition) is 3. The molecule has 0 spiro atoms. The fourth-order valence-electron chi connectivity index (χ4n) is 1.46. The molecule has 1 aromatic carbocycles. The Morgan fingerprint density at radius 3 is 3.07 bits per heavy atom. The lowest BCUT2D eigenvalue weighted by atomic mass is 10.3. The fourth-order valence-corrected chi connectivity index (χ4v) is 2.29. The SMILES string of the molecule is Cc1csc(C(C)NCc2cc[cH-]c2)n1. The number of aromatic nitrogens is 1. The van der Waals surface area contributed by atoms with Crippen LogP contribution in [0.4, 0.5) is 0 Å². The summed E-state index contributed by atoms with van der Waals surface area (Å²) in [6.07, 6.45) is 0. The van der Waals surface area contributed by atoms with Gasteiger partial charge in [-0.3, -0.25) is 0 Å². The van der Waals surface area contributed by atoms with Gasteiger partial charge in [-0.15, -0.1) is 11.3 Å². The van der Waals surface area contributed by atoms with Gasteiger partial charge in [-0.2, -0.15) is 23.8 Å². The van der Waals surface area contributed by atoms with E-state index in [9.17, 15) is 0 Å². The maximum absolute atomic E-state index is 4.47. The summed E-state index contributed by atoms with van der Waals surface area (Å²) in [7, 11) is 0. The Balaban J connectivity index is 1.90. The van der Waals surface area contributed by atoms with Crippen molar-refractivity contribution in [1.29, 1.82) is 0 Å². The van der Waals surface area contributed by atoms with E-state index in [0.717, 1.165) is 12.2 Å². The molecule has 0 aliphatic rings. The third-order valence-electron chi connectivity index (χ3n) is 2.35. The number of nitrogens with one attached hydrogen (secondary N) is 1. The summed E-state index contributed by atoms with van der Waals surface area (Å²) in [5.74, 6) is 0. The molecule has 0 radical (unpaired) electrons. The minimum atomic E-state index is 0.332. The standard InChI is InChI=1S/C12H15N2S/c1-9-8-15-12(14-9)10(2)13-7-11-5-3-4-6-11/h3-6,8,10,13H,7H2,1-2H3/q-1. The van der Waals surface area contributed by atoms with Gasteiger partial charge in [-0.1, -0.05) is 0 Å². The smallest absolute Gasteiger partial charge is 0.109 e. The van der Waals surface area contributed by atoms with Crippen molar-refractivity contribution in [3.8, 4) is 0 Å². The molecule has 2 rings (SSSR count). The van der Waals surface area contributed by atoms with Gasteiger partial charge in [0.05, 0.1) is 6.04 Å². The molecule has 1 unspecified atom stereocenters. The first-order valence-corrected chi connectivity index (χ1v) is 5.99. The summed E-state index contributed by atoms with van der Waals surface area (Å²) >= 11 is 1.72. The van der Waals surface area contributed by atoms with E-state index < -0.39 is 0 Å². The van der Waals surface area contributed by atoms with Crippen LogP contribution in [-0.2, 0) is 6.54 Å². The Morgan fingerprint density at radius 2 is 2.47 bits per heavy atom. The van der Waals surface area contributed by atoms with Gasteiger partial charge in [-0.25, -0.2) is 11.1 Å². The molecule has 2 aromatic rings. The van der Waals surface area contributed by atoms with Crippen molar-refractivity contribution in [1.82, 2.24) is 10.3 Å². The van der Waals surface area contributed by atoms with E-state index in [4.69, 9.17) is 0 Å². The number of hydrogen-bond donors (Lipinski definition) is 1. The Kier molecular flexibility index (Phi) is 3.23. The second kappa shape index (κ2) is 4.64. The van der Waals surface area contributed by atoms with Crippen molar-refractivity contribution in [2.75, 3.05) is 0 Å². The van der Waals surface area contributed by atoms with Crippen LogP contribution in [0.25, 0.3) is 0 Å². The van der Waals surface area contributed by atoms with Gasteiger partial charge in [0.25, 0.3) is 0 Å². The van der Waals surface area contributed by atoms with Gasteiger partial charge < -0.3 is 5.32 Å². The Hall–Kier alpha value is -1.06. The first-order valence-electron chi connectivity index (χ1n) is 5.11. The normalized spacial score (nSPS) is 12.9. The molecule has 0 aliphatic heterocycles. The maximum Gasteiger partial charge on any atom is 0.109 e. The molecule has 0 saturated carbocycles. The number of rotatable bonds is 4. The van der Waals surface area contributed by atoms with Crippen LogP contribution in [0.5, 0.6) is 0 Å². The van der Waals surface area contributed by atoms with Crippen LogP contribution >= 0.6 is 11.3 Å². The van der Waals surface area contributed by atoms with Gasteiger partial charge in [0.1, 0.15) is 5.01 Å². The van der Waals surface area contributed by atoms with Crippen LogP contribution in [0.15, 0.2) is 29.6 Å². The van der Waals surface area contributed by atoms with E-state index in [-0.39, 0.29) is 0 Å². The molecule has 80 valence electrons. The lowest BCUT2D eigenvalue weighted by Crippen LogP contribution is -2.17. The van der Waals surface area contributed by atoms with E-state index in [0.29, 0.717) is 6.04 Å². The predicted octanol–water partition coefficient (Wildman–Crippen LogP) is 3.02. The van der Waals surface area contributed by atoms with E-state index in [1.165, 1.54) is 10.6 Å². The maximum atomic E-state index is 4.47. The third-order valence-corrected chi connectivity index (χ3v) is 3.50. The Labute approximate surface area is 94.3 Å². The van der Waals surface area contributed by atoms with Crippen molar-refractivity contribution >= 4 is 11.3 Å².